The van der Waals surface area contributed by atoms with Crippen molar-refractivity contribution in [3.05, 3.63) is 77.3 Å². The van der Waals surface area contributed by atoms with Crippen molar-refractivity contribution < 1.29 is 8.42 Å². The summed E-state index contributed by atoms with van der Waals surface area (Å²) >= 11 is 6.08. The molecule has 2 aromatic carbocycles. The smallest absolute Gasteiger partial charge is 0.234 e. The minimum atomic E-state index is -3.51. The summed E-state index contributed by atoms with van der Waals surface area (Å²) in [4.78, 5) is 0. The minimum Gasteiger partial charge on any atom is -0.338 e. The van der Waals surface area contributed by atoms with E-state index in [9.17, 15) is 8.42 Å². The summed E-state index contributed by atoms with van der Waals surface area (Å²) in [5.74, 6) is 0.603. The lowest BCUT2D eigenvalue weighted by molar-refractivity contribution is 0.600. The first-order valence-corrected chi connectivity index (χ1v) is 9.94. The molecule has 0 bridgehead atoms. The standard InChI is InChI=1S/C18H17ClN4O2S/c19-15-8-4-5-9-16(15)20-17-10-11-18(22-21-17)23-26(24,25)13-12-14-6-2-1-3-7-14/h1-11H,12-13H2,(H,20,21)(H,22,23). The zero-order chi connectivity index (χ0) is 18.4. The Bertz CT molecular complexity index is 964. The van der Waals surface area contributed by atoms with Crippen LogP contribution in [0.15, 0.2) is 66.7 Å². The molecule has 3 rings (SSSR count). The van der Waals surface area contributed by atoms with E-state index in [1.54, 1.807) is 18.2 Å². The Labute approximate surface area is 157 Å². The van der Waals surface area contributed by atoms with Crippen molar-refractivity contribution in [1.29, 1.82) is 0 Å². The highest BCUT2D eigenvalue weighted by Crippen LogP contribution is 2.23. The van der Waals surface area contributed by atoms with E-state index in [0.29, 0.717) is 22.9 Å². The largest absolute Gasteiger partial charge is 0.338 e. The van der Waals surface area contributed by atoms with Crippen LogP contribution in [-0.2, 0) is 16.4 Å². The van der Waals surface area contributed by atoms with Crippen molar-refractivity contribution >= 4 is 38.9 Å². The molecule has 0 spiro atoms. The van der Waals surface area contributed by atoms with Crippen LogP contribution in [0.2, 0.25) is 5.02 Å². The van der Waals surface area contributed by atoms with Crippen LogP contribution < -0.4 is 10.0 Å². The number of aromatic nitrogens is 2. The zero-order valence-corrected chi connectivity index (χ0v) is 15.3. The fourth-order valence-corrected chi connectivity index (χ4v) is 3.48. The predicted molar refractivity (Wildman–Crippen MR) is 104 cm³/mol. The van der Waals surface area contributed by atoms with Gasteiger partial charge in [0.2, 0.25) is 10.0 Å². The normalized spacial score (nSPS) is 11.1. The molecule has 1 aromatic heterocycles. The molecule has 0 aliphatic heterocycles. The van der Waals surface area contributed by atoms with Crippen LogP contribution in [0.5, 0.6) is 0 Å². The Morgan fingerprint density at radius 3 is 2.19 bits per heavy atom. The van der Waals surface area contributed by atoms with Gasteiger partial charge in [-0.25, -0.2) is 8.42 Å². The summed E-state index contributed by atoms with van der Waals surface area (Å²) in [5, 5.41) is 11.5. The first-order chi connectivity index (χ1) is 12.5. The van der Waals surface area contributed by atoms with Crippen molar-refractivity contribution in [2.45, 2.75) is 6.42 Å². The van der Waals surface area contributed by atoms with Gasteiger partial charge in [0.05, 0.1) is 16.5 Å². The maximum Gasteiger partial charge on any atom is 0.234 e. The fraction of sp³-hybridized carbons (Fsp3) is 0.111. The highest BCUT2D eigenvalue weighted by Gasteiger charge is 2.12. The summed E-state index contributed by atoms with van der Waals surface area (Å²) in [6, 6.07) is 19.9. The molecule has 0 aliphatic rings. The van der Waals surface area contributed by atoms with Crippen LogP contribution >= 0.6 is 11.6 Å². The molecule has 1 heterocycles. The maximum atomic E-state index is 12.2. The number of hydrogen-bond acceptors (Lipinski definition) is 5. The lowest BCUT2D eigenvalue weighted by atomic mass is 10.2. The van der Waals surface area contributed by atoms with Crippen LogP contribution in [0, 0.1) is 0 Å². The van der Waals surface area contributed by atoms with Gasteiger partial charge >= 0.3 is 0 Å². The number of anilines is 3. The maximum absolute atomic E-state index is 12.2. The van der Waals surface area contributed by atoms with E-state index in [0.717, 1.165) is 5.56 Å². The van der Waals surface area contributed by atoms with Gasteiger partial charge in [0.15, 0.2) is 11.6 Å². The Hall–Kier alpha value is -2.64. The third-order valence-electron chi connectivity index (χ3n) is 3.56. The van der Waals surface area contributed by atoms with E-state index in [2.05, 4.69) is 20.2 Å². The molecule has 0 fully saturated rings. The Morgan fingerprint density at radius 1 is 0.846 bits per heavy atom. The lowest BCUT2D eigenvalue weighted by Crippen LogP contribution is -2.19. The predicted octanol–water partition coefficient (Wildman–Crippen LogP) is 3.86. The minimum absolute atomic E-state index is 0.0294. The van der Waals surface area contributed by atoms with Gasteiger partial charge in [0.1, 0.15) is 0 Å². The van der Waals surface area contributed by atoms with E-state index in [-0.39, 0.29) is 11.6 Å². The molecule has 0 saturated heterocycles. The van der Waals surface area contributed by atoms with Crippen LogP contribution in [0.1, 0.15) is 5.56 Å². The van der Waals surface area contributed by atoms with E-state index in [4.69, 9.17) is 11.6 Å². The van der Waals surface area contributed by atoms with E-state index >= 15 is 0 Å². The molecule has 0 radical (unpaired) electrons. The molecule has 8 heteroatoms. The number of hydrogen-bond donors (Lipinski definition) is 2. The molecule has 3 aromatic rings. The summed E-state index contributed by atoms with van der Waals surface area (Å²) in [5.41, 5.74) is 1.66. The van der Waals surface area contributed by atoms with Gasteiger partial charge in [0, 0.05) is 0 Å². The number of nitrogens with zero attached hydrogens (tertiary/aromatic N) is 2. The third kappa shape index (κ3) is 5.18. The fourth-order valence-electron chi connectivity index (χ4n) is 2.26. The van der Waals surface area contributed by atoms with Gasteiger partial charge < -0.3 is 5.32 Å². The molecule has 26 heavy (non-hydrogen) atoms. The molecule has 0 aliphatic carbocycles. The molecular formula is C18H17ClN4O2S. The van der Waals surface area contributed by atoms with Gasteiger partial charge in [-0.15, -0.1) is 10.2 Å². The Kier molecular flexibility index (Phi) is 5.70. The number of sulfonamides is 1. The molecular weight excluding hydrogens is 372 g/mol. The average molecular weight is 389 g/mol. The van der Waals surface area contributed by atoms with Crippen LogP contribution in [0.25, 0.3) is 0 Å². The summed E-state index contributed by atoms with van der Waals surface area (Å²) in [7, 11) is -3.51. The van der Waals surface area contributed by atoms with E-state index in [1.807, 2.05) is 48.5 Å². The quantitative estimate of drug-likeness (QED) is 0.642. The third-order valence-corrected chi connectivity index (χ3v) is 5.15. The molecule has 2 N–H and O–H groups in total. The zero-order valence-electron chi connectivity index (χ0n) is 13.8. The van der Waals surface area contributed by atoms with Gasteiger partial charge in [-0.3, -0.25) is 4.72 Å². The van der Waals surface area contributed by atoms with Gasteiger partial charge in [0.25, 0.3) is 0 Å². The van der Waals surface area contributed by atoms with E-state index in [1.165, 1.54) is 0 Å². The van der Waals surface area contributed by atoms with Gasteiger partial charge in [-0.05, 0) is 36.2 Å². The molecule has 134 valence electrons. The number of aryl methyl sites for hydroxylation is 1. The van der Waals surface area contributed by atoms with Gasteiger partial charge in [-0.1, -0.05) is 54.1 Å². The molecule has 0 unspecified atom stereocenters. The van der Waals surface area contributed by atoms with Crippen LogP contribution in [0.4, 0.5) is 17.3 Å². The second-order valence-corrected chi connectivity index (χ2v) is 7.81. The number of benzene rings is 2. The number of halogens is 1. The Balaban J connectivity index is 1.60. The van der Waals surface area contributed by atoms with Crippen molar-refractivity contribution in [3.8, 4) is 0 Å². The number of para-hydroxylation sites is 1. The first kappa shape index (κ1) is 18.2. The van der Waals surface area contributed by atoms with Crippen molar-refractivity contribution in [2.75, 3.05) is 15.8 Å². The summed E-state index contributed by atoms with van der Waals surface area (Å²) in [6.45, 7) is 0. The molecule has 6 nitrogen and oxygen atoms in total. The van der Waals surface area contributed by atoms with Gasteiger partial charge in [-0.2, -0.15) is 0 Å². The average Bonchev–Trinajstić information content (AvgIpc) is 2.64. The van der Waals surface area contributed by atoms with Crippen molar-refractivity contribution in [3.63, 3.8) is 0 Å². The van der Waals surface area contributed by atoms with Crippen molar-refractivity contribution in [2.24, 2.45) is 0 Å². The van der Waals surface area contributed by atoms with E-state index < -0.39 is 10.0 Å². The lowest BCUT2D eigenvalue weighted by Gasteiger charge is -2.09. The number of nitrogens with one attached hydrogen (secondary N) is 2. The second kappa shape index (κ2) is 8.16. The molecule has 0 saturated carbocycles. The summed E-state index contributed by atoms with van der Waals surface area (Å²) in [6.07, 6.45) is 0.426. The second-order valence-electron chi connectivity index (χ2n) is 5.57. The molecule has 0 atom stereocenters. The number of rotatable bonds is 7. The van der Waals surface area contributed by atoms with Crippen LogP contribution in [-0.4, -0.2) is 24.4 Å². The Morgan fingerprint density at radius 2 is 1.50 bits per heavy atom. The first-order valence-electron chi connectivity index (χ1n) is 7.91. The highest BCUT2D eigenvalue weighted by atomic mass is 35.5. The monoisotopic (exact) mass is 388 g/mol. The topological polar surface area (TPSA) is 84.0 Å². The molecule has 0 amide bonds. The highest BCUT2D eigenvalue weighted by molar-refractivity contribution is 7.92. The van der Waals surface area contributed by atoms with Crippen LogP contribution in [0.3, 0.4) is 0 Å². The summed E-state index contributed by atoms with van der Waals surface area (Å²) < 4.78 is 26.8. The SMILES string of the molecule is O=S(=O)(CCc1ccccc1)Nc1ccc(Nc2ccccc2Cl)nn1. The van der Waals surface area contributed by atoms with Crippen molar-refractivity contribution in [1.82, 2.24) is 10.2 Å².